The number of hydrogen-bond acceptors (Lipinski definition) is 4. The average Bonchev–Trinajstić information content (AvgIpc) is 2.27. The molecule has 5 nitrogen and oxygen atoms in total. The highest BCUT2D eigenvalue weighted by atomic mass is 32.2. The minimum atomic E-state index is -3.58. The zero-order valence-corrected chi connectivity index (χ0v) is 10.7. The maximum Gasteiger partial charge on any atom is 0.240 e. The molecular weight excluding hydrogens is 240 g/mol. The lowest BCUT2D eigenvalue weighted by Crippen LogP contribution is -2.38. The number of nitrogen functional groups attached to an aromatic ring is 1. The number of benzene rings is 1. The fraction of sp³-hybridized carbons (Fsp3) is 0.455. The van der Waals surface area contributed by atoms with Crippen LogP contribution in [0.4, 0.5) is 5.69 Å². The summed E-state index contributed by atoms with van der Waals surface area (Å²) in [5, 5.41) is 8.96. The second-order valence-electron chi connectivity index (χ2n) is 4.14. The lowest BCUT2D eigenvalue weighted by Gasteiger charge is -2.19. The van der Waals surface area contributed by atoms with Gasteiger partial charge in [-0.1, -0.05) is 13.0 Å². The fourth-order valence-corrected chi connectivity index (χ4v) is 2.68. The predicted molar refractivity (Wildman–Crippen MR) is 66.9 cm³/mol. The van der Waals surface area contributed by atoms with Crippen LogP contribution in [0.25, 0.3) is 0 Å². The Balaban J connectivity index is 2.89. The molecule has 0 aliphatic heterocycles. The van der Waals surface area contributed by atoms with Gasteiger partial charge in [0, 0.05) is 18.3 Å². The molecule has 0 amide bonds. The number of rotatable bonds is 5. The molecule has 1 rings (SSSR count). The van der Waals surface area contributed by atoms with Gasteiger partial charge in [0.15, 0.2) is 0 Å². The smallest absolute Gasteiger partial charge is 0.240 e. The summed E-state index contributed by atoms with van der Waals surface area (Å²) in [5.74, 6) is -0.147. The van der Waals surface area contributed by atoms with Crippen molar-refractivity contribution in [3.63, 3.8) is 0 Å². The number of anilines is 1. The van der Waals surface area contributed by atoms with E-state index in [9.17, 15) is 8.42 Å². The van der Waals surface area contributed by atoms with Gasteiger partial charge in [0.05, 0.1) is 4.90 Å². The van der Waals surface area contributed by atoms with Crippen LogP contribution in [0.1, 0.15) is 13.8 Å². The lowest BCUT2D eigenvalue weighted by molar-refractivity contribution is 0.216. The number of aliphatic hydroxyl groups is 1. The van der Waals surface area contributed by atoms with Crippen LogP contribution >= 0.6 is 0 Å². The molecule has 6 heteroatoms. The molecule has 2 atom stereocenters. The Morgan fingerprint density at radius 2 is 2.06 bits per heavy atom. The number of sulfonamides is 1. The SMILES string of the molecule is CC(CO)C(C)NS(=O)(=O)c1cccc(N)c1. The fourth-order valence-electron chi connectivity index (χ4n) is 1.27. The van der Waals surface area contributed by atoms with Crippen LogP contribution in [-0.2, 0) is 10.0 Å². The highest BCUT2D eigenvalue weighted by molar-refractivity contribution is 7.89. The van der Waals surface area contributed by atoms with E-state index in [1.807, 2.05) is 0 Å². The van der Waals surface area contributed by atoms with E-state index >= 15 is 0 Å². The Morgan fingerprint density at radius 1 is 1.41 bits per heavy atom. The third kappa shape index (κ3) is 3.69. The number of hydrogen-bond donors (Lipinski definition) is 3. The van der Waals surface area contributed by atoms with E-state index in [1.54, 1.807) is 26.0 Å². The van der Waals surface area contributed by atoms with Crippen LogP contribution in [0, 0.1) is 5.92 Å². The van der Waals surface area contributed by atoms with Gasteiger partial charge in [-0.15, -0.1) is 0 Å². The average molecular weight is 258 g/mol. The largest absolute Gasteiger partial charge is 0.399 e. The maximum absolute atomic E-state index is 12.0. The molecular formula is C11H18N2O3S. The molecule has 2 unspecified atom stereocenters. The third-order valence-corrected chi connectivity index (χ3v) is 4.21. The van der Waals surface area contributed by atoms with Gasteiger partial charge in [0.25, 0.3) is 0 Å². The minimum Gasteiger partial charge on any atom is -0.399 e. The molecule has 0 spiro atoms. The molecule has 0 saturated heterocycles. The molecule has 1 aromatic carbocycles. The van der Waals surface area contributed by atoms with E-state index < -0.39 is 10.0 Å². The van der Waals surface area contributed by atoms with E-state index in [0.29, 0.717) is 5.69 Å². The van der Waals surface area contributed by atoms with Crippen molar-refractivity contribution in [2.45, 2.75) is 24.8 Å². The summed E-state index contributed by atoms with van der Waals surface area (Å²) in [6.07, 6.45) is 0. The van der Waals surface area contributed by atoms with Crippen LogP contribution in [0.2, 0.25) is 0 Å². The highest BCUT2D eigenvalue weighted by Crippen LogP contribution is 2.14. The zero-order chi connectivity index (χ0) is 13.1. The Hall–Kier alpha value is -1.11. The van der Waals surface area contributed by atoms with E-state index in [2.05, 4.69) is 4.72 Å². The second kappa shape index (κ2) is 5.48. The van der Waals surface area contributed by atoms with E-state index in [-0.39, 0.29) is 23.5 Å². The quantitative estimate of drug-likeness (QED) is 0.673. The molecule has 4 N–H and O–H groups in total. The van der Waals surface area contributed by atoms with Crippen molar-refractivity contribution in [1.82, 2.24) is 4.72 Å². The zero-order valence-electron chi connectivity index (χ0n) is 9.92. The topological polar surface area (TPSA) is 92.4 Å². The lowest BCUT2D eigenvalue weighted by atomic mass is 10.1. The summed E-state index contributed by atoms with van der Waals surface area (Å²) in [6.45, 7) is 3.41. The van der Waals surface area contributed by atoms with Crippen molar-refractivity contribution in [2.75, 3.05) is 12.3 Å². The van der Waals surface area contributed by atoms with Crippen LogP contribution in [0.3, 0.4) is 0 Å². The number of aliphatic hydroxyl groups excluding tert-OH is 1. The molecule has 0 aliphatic rings. The van der Waals surface area contributed by atoms with Gasteiger partial charge in [0.2, 0.25) is 10.0 Å². The molecule has 0 aromatic heterocycles. The molecule has 96 valence electrons. The van der Waals surface area contributed by atoms with Crippen molar-refractivity contribution in [3.8, 4) is 0 Å². The van der Waals surface area contributed by atoms with Crippen LogP contribution < -0.4 is 10.5 Å². The van der Waals surface area contributed by atoms with Gasteiger partial charge in [0.1, 0.15) is 0 Å². The summed E-state index contributed by atoms with van der Waals surface area (Å²) in [7, 11) is -3.58. The monoisotopic (exact) mass is 258 g/mol. The maximum atomic E-state index is 12.0. The van der Waals surface area contributed by atoms with Crippen molar-refractivity contribution in [3.05, 3.63) is 24.3 Å². The molecule has 0 aliphatic carbocycles. The van der Waals surface area contributed by atoms with E-state index in [0.717, 1.165) is 0 Å². The molecule has 17 heavy (non-hydrogen) atoms. The Kier molecular flexibility index (Phi) is 4.50. The van der Waals surface area contributed by atoms with Gasteiger partial charge in [-0.05, 0) is 31.0 Å². The van der Waals surface area contributed by atoms with Crippen LogP contribution in [0.5, 0.6) is 0 Å². The van der Waals surface area contributed by atoms with E-state index in [4.69, 9.17) is 10.8 Å². The minimum absolute atomic E-state index is 0.0688. The molecule has 1 aromatic rings. The van der Waals surface area contributed by atoms with Crippen LogP contribution in [-0.4, -0.2) is 26.2 Å². The first-order valence-corrected chi connectivity index (χ1v) is 6.84. The summed E-state index contributed by atoms with van der Waals surface area (Å²) in [4.78, 5) is 0.134. The van der Waals surface area contributed by atoms with Crippen LogP contribution in [0.15, 0.2) is 29.2 Å². The summed E-state index contributed by atoms with van der Waals surface area (Å²) < 4.78 is 26.4. The molecule has 0 bridgehead atoms. The van der Waals surface area contributed by atoms with Gasteiger partial charge in [-0.3, -0.25) is 0 Å². The van der Waals surface area contributed by atoms with E-state index in [1.165, 1.54) is 12.1 Å². The molecule has 0 heterocycles. The van der Waals surface area contributed by atoms with Gasteiger partial charge in [-0.25, -0.2) is 13.1 Å². The Labute approximate surface area is 102 Å². The molecule has 0 saturated carbocycles. The van der Waals surface area contributed by atoms with Crippen molar-refractivity contribution < 1.29 is 13.5 Å². The standard InChI is InChI=1S/C11H18N2O3S/c1-8(7-14)9(2)13-17(15,16)11-5-3-4-10(12)6-11/h3-6,8-9,13-14H,7,12H2,1-2H3. The van der Waals surface area contributed by atoms with Crippen molar-refractivity contribution >= 4 is 15.7 Å². The Morgan fingerprint density at radius 3 is 2.59 bits per heavy atom. The highest BCUT2D eigenvalue weighted by Gasteiger charge is 2.20. The van der Waals surface area contributed by atoms with Crippen molar-refractivity contribution in [2.24, 2.45) is 5.92 Å². The number of nitrogens with two attached hydrogens (primary N) is 1. The molecule has 0 fully saturated rings. The first-order chi connectivity index (χ1) is 7.86. The summed E-state index contributed by atoms with van der Waals surface area (Å²) in [5.41, 5.74) is 5.94. The summed E-state index contributed by atoms with van der Waals surface area (Å²) >= 11 is 0. The van der Waals surface area contributed by atoms with Gasteiger partial charge >= 0.3 is 0 Å². The first kappa shape index (κ1) is 14.0. The predicted octanol–water partition coefficient (Wildman–Crippen LogP) is 0.564. The van der Waals surface area contributed by atoms with Gasteiger partial charge in [-0.2, -0.15) is 0 Å². The second-order valence-corrected chi connectivity index (χ2v) is 5.86. The third-order valence-electron chi connectivity index (χ3n) is 2.65. The van der Waals surface area contributed by atoms with Crippen molar-refractivity contribution in [1.29, 1.82) is 0 Å². The van der Waals surface area contributed by atoms with Gasteiger partial charge < -0.3 is 10.8 Å². The number of nitrogens with one attached hydrogen (secondary N) is 1. The summed E-state index contributed by atoms with van der Waals surface area (Å²) in [6, 6.07) is 5.75. The molecule has 0 radical (unpaired) electrons. The first-order valence-electron chi connectivity index (χ1n) is 5.35. The normalized spacial score (nSPS) is 15.5. The Bertz CT molecular complexity index is 473.